The van der Waals surface area contributed by atoms with Crippen LogP contribution in [-0.2, 0) is 9.47 Å². The minimum Gasteiger partial charge on any atom is -0.382 e. The van der Waals surface area contributed by atoms with E-state index in [4.69, 9.17) is 9.47 Å². The van der Waals surface area contributed by atoms with Crippen LogP contribution in [0.1, 0.15) is 33.6 Å². The van der Waals surface area contributed by atoms with Crippen LogP contribution in [0, 0.1) is 5.92 Å². The second kappa shape index (κ2) is 10.4. The molecule has 0 aromatic rings. The lowest BCUT2D eigenvalue weighted by atomic mass is 10.00. The summed E-state index contributed by atoms with van der Waals surface area (Å²) in [7, 11) is 1.70. The first kappa shape index (κ1) is 14.9. The number of hydrogen-bond acceptors (Lipinski definition) is 3. The SMILES string of the molecule is CCNC(COCCOC)CC(C)CC. The number of rotatable bonds is 10. The third kappa shape index (κ3) is 8.85. The zero-order chi connectivity index (χ0) is 11.5. The molecule has 2 atom stereocenters. The summed E-state index contributed by atoms with van der Waals surface area (Å²) in [5.41, 5.74) is 0. The molecule has 0 saturated heterocycles. The third-order valence-corrected chi connectivity index (χ3v) is 2.63. The molecule has 0 aliphatic heterocycles. The van der Waals surface area contributed by atoms with Gasteiger partial charge in [0.2, 0.25) is 0 Å². The maximum atomic E-state index is 5.55. The van der Waals surface area contributed by atoms with Crippen molar-refractivity contribution in [3.63, 3.8) is 0 Å². The average molecular weight is 217 g/mol. The minimum atomic E-state index is 0.488. The van der Waals surface area contributed by atoms with Crippen molar-refractivity contribution in [1.29, 1.82) is 0 Å². The summed E-state index contributed by atoms with van der Waals surface area (Å²) in [6, 6.07) is 0.488. The fraction of sp³-hybridized carbons (Fsp3) is 1.00. The Balaban J connectivity index is 3.62. The number of hydrogen-bond donors (Lipinski definition) is 1. The molecule has 0 rings (SSSR count). The topological polar surface area (TPSA) is 30.5 Å². The average Bonchev–Trinajstić information content (AvgIpc) is 2.24. The van der Waals surface area contributed by atoms with E-state index in [-0.39, 0.29) is 0 Å². The maximum Gasteiger partial charge on any atom is 0.0701 e. The van der Waals surface area contributed by atoms with Crippen molar-refractivity contribution in [1.82, 2.24) is 5.32 Å². The summed E-state index contributed by atoms with van der Waals surface area (Å²) in [5.74, 6) is 0.764. The van der Waals surface area contributed by atoms with Crippen LogP contribution in [0.15, 0.2) is 0 Å². The lowest BCUT2D eigenvalue weighted by molar-refractivity contribution is 0.0555. The molecule has 92 valence electrons. The van der Waals surface area contributed by atoms with Gasteiger partial charge in [-0.3, -0.25) is 0 Å². The molecular formula is C12H27NO2. The van der Waals surface area contributed by atoms with Crippen LogP contribution in [0.5, 0.6) is 0 Å². The van der Waals surface area contributed by atoms with Gasteiger partial charge in [0.15, 0.2) is 0 Å². The first-order valence-electron chi connectivity index (χ1n) is 6.04. The summed E-state index contributed by atoms with van der Waals surface area (Å²) >= 11 is 0. The van der Waals surface area contributed by atoms with E-state index in [1.807, 2.05) is 0 Å². The van der Waals surface area contributed by atoms with Gasteiger partial charge in [-0.1, -0.05) is 27.2 Å². The van der Waals surface area contributed by atoms with E-state index >= 15 is 0 Å². The minimum absolute atomic E-state index is 0.488. The summed E-state index contributed by atoms with van der Waals surface area (Å²) in [6.45, 7) is 9.84. The predicted octanol–water partition coefficient (Wildman–Crippen LogP) is 2.06. The Morgan fingerprint density at radius 1 is 1.20 bits per heavy atom. The second-order valence-electron chi connectivity index (χ2n) is 4.07. The molecule has 1 N–H and O–H groups in total. The van der Waals surface area contributed by atoms with E-state index in [0.29, 0.717) is 19.3 Å². The smallest absolute Gasteiger partial charge is 0.0701 e. The number of methoxy groups -OCH3 is 1. The monoisotopic (exact) mass is 217 g/mol. The van der Waals surface area contributed by atoms with Gasteiger partial charge in [-0.25, -0.2) is 0 Å². The molecule has 0 saturated carbocycles. The van der Waals surface area contributed by atoms with Gasteiger partial charge in [0.05, 0.1) is 19.8 Å². The summed E-state index contributed by atoms with van der Waals surface area (Å²) in [4.78, 5) is 0. The molecule has 0 heterocycles. The van der Waals surface area contributed by atoms with Crippen LogP contribution in [0.25, 0.3) is 0 Å². The fourth-order valence-corrected chi connectivity index (χ4v) is 1.52. The highest BCUT2D eigenvalue weighted by atomic mass is 16.5. The van der Waals surface area contributed by atoms with Crippen molar-refractivity contribution >= 4 is 0 Å². The van der Waals surface area contributed by atoms with Crippen molar-refractivity contribution in [3.05, 3.63) is 0 Å². The van der Waals surface area contributed by atoms with Gasteiger partial charge in [0.25, 0.3) is 0 Å². The van der Waals surface area contributed by atoms with Gasteiger partial charge in [-0.2, -0.15) is 0 Å². The van der Waals surface area contributed by atoms with Crippen LogP contribution in [0.2, 0.25) is 0 Å². The molecular weight excluding hydrogens is 190 g/mol. The van der Waals surface area contributed by atoms with E-state index < -0.39 is 0 Å². The number of nitrogens with one attached hydrogen (secondary N) is 1. The molecule has 15 heavy (non-hydrogen) atoms. The fourth-order valence-electron chi connectivity index (χ4n) is 1.52. The molecule has 0 aromatic carbocycles. The third-order valence-electron chi connectivity index (χ3n) is 2.63. The molecule has 0 aliphatic carbocycles. The zero-order valence-corrected chi connectivity index (χ0v) is 10.7. The largest absolute Gasteiger partial charge is 0.382 e. The van der Waals surface area contributed by atoms with Gasteiger partial charge in [-0.15, -0.1) is 0 Å². The Morgan fingerprint density at radius 3 is 2.47 bits per heavy atom. The molecule has 0 radical (unpaired) electrons. The molecule has 0 aromatic heterocycles. The lowest BCUT2D eigenvalue weighted by Gasteiger charge is -2.21. The van der Waals surface area contributed by atoms with Crippen LogP contribution < -0.4 is 5.32 Å². The highest BCUT2D eigenvalue weighted by molar-refractivity contribution is 4.68. The molecule has 3 nitrogen and oxygen atoms in total. The van der Waals surface area contributed by atoms with Gasteiger partial charge in [-0.05, 0) is 18.9 Å². The molecule has 0 bridgehead atoms. The molecule has 2 unspecified atom stereocenters. The van der Waals surface area contributed by atoms with E-state index in [1.165, 1.54) is 12.8 Å². The Labute approximate surface area is 94.5 Å². The number of likely N-dealkylation sites (N-methyl/N-ethyl adjacent to an activating group) is 1. The van der Waals surface area contributed by atoms with E-state index in [9.17, 15) is 0 Å². The van der Waals surface area contributed by atoms with Crippen molar-refractivity contribution in [2.45, 2.75) is 39.7 Å². The van der Waals surface area contributed by atoms with Crippen LogP contribution in [0.3, 0.4) is 0 Å². The molecule has 3 heteroatoms. The molecule has 0 fully saturated rings. The van der Waals surface area contributed by atoms with Gasteiger partial charge in [0, 0.05) is 13.2 Å². The normalized spacial score (nSPS) is 15.2. The highest BCUT2D eigenvalue weighted by Crippen LogP contribution is 2.10. The number of ether oxygens (including phenoxy) is 2. The van der Waals surface area contributed by atoms with Crippen molar-refractivity contribution in [3.8, 4) is 0 Å². The van der Waals surface area contributed by atoms with Gasteiger partial charge < -0.3 is 14.8 Å². The van der Waals surface area contributed by atoms with E-state index in [2.05, 4.69) is 26.1 Å². The molecule has 0 amide bonds. The van der Waals surface area contributed by atoms with E-state index in [0.717, 1.165) is 19.1 Å². The predicted molar refractivity (Wildman–Crippen MR) is 64.2 cm³/mol. The molecule has 0 spiro atoms. The van der Waals surface area contributed by atoms with Crippen molar-refractivity contribution < 1.29 is 9.47 Å². The Hall–Kier alpha value is -0.120. The summed E-state index contributed by atoms with van der Waals surface area (Å²) in [5, 5.41) is 3.46. The van der Waals surface area contributed by atoms with Crippen LogP contribution >= 0.6 is 0 Å². The quantitative estimate of drug-likeness (QED) is 0.568. The Kier molecular flexibility index (Phi) is 10.3. The first-order chi connectivity index (χ1) is 7.24. The standard InChI is InChI=1S/C12H27NO2/c1-5-11(3)9-12(13-6-2)10-15-8-7-14-4/h11-13H,5-10H2,1-4H3. The van der Waals surface area contributed by atoms with Gasteiger partial charge in [0.1, 0.15) is 0 Å². The van der Waals surface area contributed by atoms with Crippen molar-refractivity contribution in [2.24, 2.45) is 5.92 Å². The van der Waals surface area contributed by atoms with Crippen LogP contribution in [0.4, 0.5) is 0 Å². The van der Waals surface area contributed by atoms with Crippen LogP contribution in [-0.4, -0.2) is 39.5 Å². The summed E-state index contributed by atoms with van der Waals surface area (Å²) in [6.07, 6.45) is 2.43. The maximum absolute atomic E-state index is 5.55. The molecule has 0 aliphatic rings. The zero-order valence-electron chi connectivity index (χ0n) is 10.7. The Bertz CT molecular complexity index is 131. The highest BCUT2D eigenvalue weighted by Gasteiger charge is 2.10. The second-order valence-corrected chi connectivity index (χ2v) is 4.07. The first-order valence-corrected chi connectivity index (χ1v) is 6.04. The van der Waals surface area contributed by atoms with E-state index in [1.54, 1.807) is 7.11 Å². The lowest BCUT2D eigenvalue weighted by Crippen LogP contribution is -2.35. The van der Waals surface area contributed by atoms with Gasteiger partial charge >= 0.3 is 0 Å². The van der Waals surface area contributed by atoms with Crippen molar-refractivity contribution in [2.75, 3.05) is 33.5 Å². The summed E-state index contributed by atoms with van der Waals surface area (Å²) < 4.78 is 10.5. The Morgan fingerprint density at radius 2 is 1.93 bits per heavy atom.